The average Bonchev–Trinajstić information content (AvgIpc) is 2.35. The van der Waals surface area contributed by atoms with Gasteiger partial charge < -0.3 is 5.73 Å². The summed E-state index contributed by atoms with van der Waals surface area (Å²) in [4.78, 5) is 0.0798. The van der Waals surface area contributed by atoms with Crippen LogP contribution >= 0.6 is 0 Å². The van der Waals surface area contributed by atoms with Crippen LogP contribution in [0.2, 0.25) is 0 Å². The van der Waals surface area contributed by atoms with Crippen molar-refractivity contribution < 1.29 is 16.8 Å². The van der Waals surface area contributed by atoms with Crippen LogP contribution in [-0.4, -0.2) is 28.8 Å². The Balaban J connectivity index is 2.62. The molecule has 0 aliphatic carbocycles. The number of fused-ring (bicyclic) bond motifs is 1. The highest BCUT2D eigenvalue weighted by Crippen LogP contribution is 2.35. The minimum absolute atomic E-state index is 0.0798. The van der Waals surface area contributed by atoms with E-state index in [1.807, 2.05) is 0 Å². The third kappa shape index (κ3) is 2.34. The lowest BCUT2D eigenvalue weighted by molar-refractivity contribution is 0.603. The molecule has 0 unspecified atom stereocenters. The van der Waals surface area contributed by atoms with E-state index in [1.54, 1.807) is 6.07 Å². The summed E-state index contributed by atoms with van der Waals surface area (Å²) in [6.07, 6.45) is 1.07. The highest BCUT2D eigenvalue weighted by molar-refractivity contribution is 7.95. The molecule has 0 bridgehead atoms. The van der Waals surface area contributed by atoms with Gasteiger partial charge in [0.1, 0.15) is 0 Å². The zero-order chi connectivity index (χ0) is 12.8. The van der Waals surface area contributed by atoms with Gasteiger partial charge in [0.15, 0.2) is 9.84 Å². The molecule has 0 fully saturated rings. The molecule has 1 heterocycles. The fraction of sp³-hybridized carbons (Fsp3) is 0.200. The summed E-state index contributed by atoms with van der Waals surface area (Å²) in [6, 6.07) is 4.43. The van der Waals surface area contributed by atoms with E-state index in [1.165, 1.54) is 12.1 Å². The smallest absolute Gasteiger partial charge is 0.200 e. The maximum atomic E-state index is 11.8. The molecule has 7 heteroatoms. The maximum Gasteiger partial charge on any atom is 0.200 e. The molecule has 5 nitrogen and oxygen atoms in total. The van der Waals surface area contributed by atoms with E-state index in [-0.39, 0.29) is 10.6 Å². The van der Waals surface area contributed by atoms with Gasteiger partial charge in [-0.15, -0.1) is 0 Å². The number of nitrogens with two attached hydrogens (primary N) is 1. The summed E-state index contributed by atoms with van der Waals surface area (Å²) in [5, 5.41) is 0.998. The van der Waals surface area contributed by atoms with Crippen molar-refractivity contribution in [1.82, 2.24) is 0 Å². The van der Waals surface area contributed by atoms with Gasteiger partial charge in [-0.25, -0.2) is 16.8 Å². The second kappa shape index (κ2) is 3.58. The lowest BCUT2D eigenvalue weighted by Gasteiger charge is -2.03. The summed E-state index contributed by atoms with van der Waals surface area (Å²) in [6.45, 7) is 0. The first kappa shape index (κ1) is 12.1. The van der Waals surface area contributed by atoms with E-state index in [9.17, 15) is 16.8 Å². The number of rotatable bonds is 2. The van der Waals surface area contributed by atoms with E-state index in [0.717, 1.165) is 11.7 Å². The molecule has 1 aliphatic heterocycles. The van der Waals surface area contributed by atoms with E-state index in [4.69, 9.17) is 5.73 Å². The number of sulfone groups is 2. The SMILES string of the molecule is CS(=O)(=O)CC1=CS(=O)(=O)c2cc(N)ccc21. The quantitative estimate of drug-likeness (QED) is 0.789. The molecule has 2 N–H and O–H groups in total. The minimum atomic E-state index is -3.56. The normalized spacial score (nSPS) is 17.6. The molecule has 1 aromatic rings. The predicted octanol–water partition coefficient (Wildman–Crippen LogP) is 0.442. The second-order valence-electron chi connectivity index (χ2n) is 4.01. The standard InChI is InChI=1S/C10H11NO4S2/c1-16(12,13)5-7-6-17(14,15)10-4-8(11)2-3-9(7)10/h2-4,6H,5,11H2,1H3. The number of hydrogen-bond acceptors (Lipinski definition) is 5. The summed E-state index contributed by atoms with van der Waals surface area (Å²) >= 11 is 0. The van der Waals surface area contributed by atoms with Crippen LogP contribution in [0.25, 0.3) is 5.57 Å². The molecule has 17 heavy (non-hydrogen) atoms. The lowest BCUT2D eigenvalue weighted by Crippen LogP contribution is -2.04. The molecule has 0 spiro atoms. The van der Waals surface area contributed by atoms with Crippen LogP contribution in [0.1, 0.15) is 5.56 Å². The van der Waals surface area contributed by atoms with Crippen LogP contribution in [0.4, 0.5) is 5.69 Å². The summed E-state index contributed by atoms with van der Waals surface area (Å²) in [5.74, 6) is -0.289. The highest BCUT2D eigenvalue weighted by Gasteiger charge is 2.28. The molecule has 2 rings (SSSR count). The molecule has 1 aliphatic rings. The largest absolute Gasteiger partial charge is 0.399 e. The highest BCUT2D eigenvalue weighted by atomic mass is 32.2. The van der Waals surface area contributed by atoms with Crippen molar-refractivity contribution in [2.24, 2.45) is 0 Å². The zero-order valence-electron chi connectivity index (χ0n) is 9.04. The Morgan fingerprint density at radius 3 is 2.53 bits per heavy atom. The van der Waals surface area contributed by atoms with Gasteiger partial charge in [0, 0.05) is 17.4 Å². The molecule has 92 valence electrons. The fourth-order valence-corrected chi connectivity index (χ4v) is 4.18. The Hall–Kier alpha value is -1.34. The van der Waals surface area contributed by atoms with Gasteiger partial charge in [-0.05, 0) is 23.3 Å². The molecule has 0 aromatic heterocycles. The maximum absolute atomic E-state index is 11.8. The molecular formula is C10H11NO4S2. The van der Waals surface area contributed by atoms with Crippen molar-refractivity contribution in [2.75, 3.05) is 17.7 Å². The topological polar surface area (TPSA) is 94.3 Å². The van der Waals surface area contributed by atoms with Gasteiger partial charge in [-0.3, -0.25) is 0 Å². The molecular weight excluding hydrogens is 262 g/mol. The molecule has 1 aromatic carbocycles. The Morgan fingerprint density at radius 2 is 1.94 bits per heavy atom. The summed E-state index contributed by atoms with van der Waals surface area (Å²) in [5.41, 5.74) is 6.57. The molecule has 0 saturated carbocycles. The Bertz CT molecular complexity index is 715. The molecule has 0 atom stereocenters. The predicted molar refractivity (Wildman–Crippen MR) is 65.7 cm³/mol. The number of anilines is 1. The first-order valence-electron chi connectivity index (χ1n) is 4.72. The van der Waals surface area contributed by atoms with Crippen molar-refractivity contribution in [2.45, 2.75) is 4.90 Å². The molecule has 0 amide bonds. The number of nitrogen functional groups attached to an aromatic ring is 1. The number of hydrogen-bond donors (Lipinski definition) is 1. The van der Waals surface area contributed by atoms with Crippen molar-refractivity contribution >= 4 is 30.9 Å². The van der Waals surface area contributed by atoms with Crippen LogP contribution in [-0.2, 0) is 19.7 Å². The Kier molecular flexibility index (Phi) is 2.55. The number of benzene rings is 1. The van der Waals surface area contributed by atoms with Gasteiger partial charge in [0.2, 0.25) is 9.84 Å². The summed E-state index contributed by atoms with van der Waals surface area (Å²) in [7, 11) is -6.83. The first-order chi connectivity index (χ1) is 7.69. The molecule has 0 radical (unpaired) electrons. The van der Waals surface area contributed by atoms with E-state index in [2.05, 4.69) is 0 Å². The van der Waals surface area contributed by atoms with Gasteiger partial charge >= 0.3 is 0 Å². The van der Waals surface area contributed by atoms with Crippen LogP contribution in [0.15, 0.2) is 28.5 Å². The monoisotopic (exact) mass is 273 g/mol. The Morgan fingerprint density at radius 1 is 1.29 bits per heavy atom. The van der Waals surface area contributed by atoms with Gasteiger partial charge in [-0.2, -0.15) is 0 Å². The van der Waals surface area contributed by atoms with Crippen LogP contribution in [0, 0.1) is 0 Å². The van der Waals surface area contributed by atoms with Crippen LogP contribution in [0.5, 0.6) is 0 Å². The zero-order valence-corrected chi connectivity index (χ0v) is 10.7. The first-order valence-corrected chi connectivity index (χ1v) is 8.33. The minimum Gasteiger partial charge on any atom is -0.399 e. The Labute approximate surface area is 99.8 Å². The second-order valence-corrected chi connectivity index (χ2v) is 7.92. The van der Waals surface area contributed by atoms with Gasteiger partial charge in [-0.1, -0.05) is 6.07 Å². The van der Waals surface area contributed by atoms with E-state index in [0.29, 0.717) is 16.8 Å². The molecule has 0 saturated heterocycles. The average molecular weight is 273 g/mol. The van der Waals surface area contributed by atoms with E-state index < -0.39 is 19.7 Å². The van der Waals surface area contributed by atoms with Crippen molar-refractivity contribution in [3.05, 3.63) is 29.2 Å². The van der Waals surface area contributed by atoms with E-state index >= 15 is 0 Å². The van der Waals surface area contributed by atoms with Gasteiger partial charge in [0.25, 0.3) is 0 Å². The van der Waals surface area contributed by atoms with Gasteiger partial charge in [0.05, 0.1) is 10.6 Å². The fourth-order valence-electron chi connectivity index (χ4n) is 1.75. The van der Waals surface area contributed by atoms with Crippen LogP contribution in [0.3, 0.4) is 0 Å². The third-order valence-corrected chi connectivity index (χ3v) is 4.75. The third-order valence-electron chi connectivity index (χ3n) is 2.37. The van der Waals surface area contributed by atoms with Crippen LogP contribution < -0.4 is 5.73 Å². The van der Waals surface area contributed by atoms with Crippen molar-refractivity contribution in [3.63, 3.8) is 0 Å². The van der Waals surface area contributed by atoms with Crippen molar-refractivity contribution in [1.29, 1.82) is 0 Å². The lowest BCUT2D eigenvalue weighted by atomic mass is 10.1. The van der Waals surface area contributed by atoms with Crippen molar-refractivity contribution in [3.8, 4) is 0 Å². The summed E-state index contributed by atoms with van der Waals surface area (Å²) < 4.78 is 46.0.